The molecular formula is C27H32N4O3. The molecule has 2 aliphatic rings. The molecule has 178 valence electrons. The summed E-state index contributed by atoms with van der Waals surface area (Å²) >= 11 is 0. The van der Waals surface area contributed by atoms with Gasteiger partial charge >= 0.3 is 0 Å². The summed E-state index contributed by atoms with van der Waals surface area (Å²) in [4.78, 5) is 32.6. The van der Waals surface area contributed by atoms with Crippen LogP contribution in [0.4, 0.5) is 0 Å². The van der Waals surface area contributed by atoms with Gasteiger partial charge in [0.2, 0.25) is 11.8 Å². The van der Waals surface area contributed by atoms with Gasteiger partial charge in [-0.3, -0.25) is 14.5 Å². The second-order valence-electron chi connectivity index (χ2n) is 9.30. The SMILES string of the molecule is COc1ccc([C@@H](CNC(=O)CN2CCN(C(=O)C3CC3)CC2)c2c[nH]c3ccccc23)cc1. The van der Waals surface area contributed by atoms with Crippen LogP contribution in [0.3, 0.4) is 0 Å². The number of aromatic amines is 1. The zero-order valence-electron chi connectivity index (χ0n) is 19.6. The van der Waals surface area contributed by atoms with Crippen molar-refractivity contribution >= 4 is 22.7 Å². The number of nitrogens with one attached hydrogen (secondary N) is 2. The van der Waals surface area contributed by atoms with Crippen molar-refractivity contribution in [2.45, 2.75) is 18.8 Å². The molecule has 1 saturated heterocycles. The Kier molecular flexibility index (Phi) is 6.54. The molecule has 2 amide bonds. The van der Waals surface area contributed by atoms with Gasteiger partial charge in [0, 0.05) is 61.7 Å². The minimum Gasteiger partial charge on any atom is -0.497 e. The largest absolute Gasteiger partial charge is 0.497 e. The molecule has 7 heteroatoms. The first-order chi connectivity index (χ1) is 16.6. The summed E-state index contributed by atoms with van der Waals surface area (Å²) in [7, 11) is 1.66. The summed E-state index contributed by atoms with van der Waals surface area (Å²) in [5.41, 5.74) is 3.37. The van der Waals surface area contributed by atoms with Gasteiger partial charge < -0.3 is 19.9 Å². The van der Waals surface area contributed by atoms with E-state index >= 15 is 0 Å². The molecule has 2 fully saturated rings. The van der Waals surface area contributed by atoms with Crippen molar-refractivity contribution in [3.63, 3.8) is 0 Å². The third kappa shape index (κ3) is 4.94. The lowest BCUT2D eigenvalue weighted by Crippen LogP contribution is -2.51. The molecule has 3 aromatic rings. The van der Waals surface area contributed by atoms with E-state index in [4.69, 9.17) is 4.74 Å². The molecule has 0 unspecified atom stereocenters. The Labute approximate surface area is 200 Å². The van der Waals surface area contributed by atoms with E-state index in [-0.39, 0.29) is 17.7 Å². The summed E-state index contributed by atoms with van der Waals surface area (Å²) in [5.74, 6) is 1.39. The Bertz CT molecular complexity index is 1140. The monoisotopic (exact) mass is 460 g/mol. The molecular weight excluding hydrogens is 428 g/mol. The average molecular weight is 461 g/mol. The Balaban J connectivity index is 1.23. The fourth-order valence-electron chi connectivity index (χ4n) is 4.82. The summed E-state index contributed by atoms with van der Waals surface area (Å²) in [6.07, 6.45) is 4.11. The van der Waals surface area contributed by atoms with Crippen molar-refractivity contribution in [2.75, 3.05) is 46.4 Å². The van der Waals surface area contributed by atoms with E-state index in [2.05, 4.69) is 39.5 Å². The molecule has 1 aromatic heterocycles. The van der Waals surface area contributed by atoms with Crippen molar-refractivity contribution in [2.24, 2.45) is 5.92 Å². The van der Waals surface area contributed by atoms with Crippen LogP contribution in [0, 0.1) is 5.92 Å². The molecule has 7 nitrogen and oxygen atoms in total. The van der Waals surface area contributed by atoms with Crippen LogP contribution in [0.25, 0.3) is 10.9 Å². The van der Waals surface area contributed by atoms with Gasteiger partial charge in [0.15, 0.2) is 0 Å². The van der Waals surface area contributed by atoms with Crippen LogP contribution in [0.5, 0.6) is 5.75 Å². The molecule has 0 spiro atoms. The number of para-hydroxylation sites is 1. The molecule has 1 atom stereocenters. The van der Waals surface area contributed by atoms with Crippen LogP contribution in [-0.4, -0.2) is 73.0 Å². The third-order valence-electron chi connectivity index (χ3n) is 7.00. The van der Waals surface area contributed by atoms with Crippen molar-refractivity contribution in [1.82, 2.24) is 20.1 Å². The van der Waals surface area contributed by atoms with Gasteiger partial charge in [0.05, 0.1) is 13.7 Å². The van der Waals surface area contributed by atoms with Crippen molar-refractivity contribution in [3.8, 4) is 5.75 Å². The van der Waals surface area contributed by atoms with Crippen LogP contribution in [0.2, 0.25) is 0 Å². The molecule has 2 heterocycles. The number of nitrogens with zero attached hydrogens (tertiary/aromatic N) is 2. The van der Waals surface area contributed by atoms with Crippen LogP contribution in [-0.2, 0) is 9.59 Å². The van der Waals surface area contributed by atoms with Crippen molar-refractivity contribution in [1.29, 1.82) is 0 Å². The summed E-state index contributed by atoms with van der Waals surface area (Å²) in [6.45, 7) is 3.78. The predicted octanol–water partition coefficient (Wildman–Crippen LogP) is 2.98. The number of carbonyl (C=O) groups excluding carboxylic acids is 2. The number of carbonyl (C=O) groups is 2. The molecule has 2 aromatic carbocycles. The number of rotatable bonds is 8. The Morgan fingerprint density at radius 2 is 1.79 bits per heavy atom. The van der Waals surface area contributed by atoms with Gasteiger partial charge in [0.1, 0.15) is 5.75 Å². The molecule has 34 heavy (non-hydrogen) atoms. The number of benzene rings is 2. The number of H-pyrrole nitrogens is 1. The van der Waals surface area contributed by atoms with Crippen LogP contribution < -0.4 is 10.1 Å². The maximum atomic E-state index is 12.9. The van der Waals surface area contributed by atoms with Gasteiger partial charge in [0.25, 0.3) is 0 Å². The lowest BCUT2D eigenvalue weighted by Gasteiger charge is -2.34. The Hall–Kier alpha value is -3.32. The molecule has 0 radical (unpaired) electrons. The van der Waals surface area contributed by atoms with Crippen LogP contribution in [0.1, 0.15) is 29.9 Å². The van der Waals surface area contributed by atoms with Gasteiger partial charge in [-0.15, -0.1) is 0 Å². The molecule has 5 rings (SSSR count). The highest BCUT2D eigenvalue weighted by Crippen LogP contribution is 2.32. The van der Waals surface area contributed by atoms with E-state index in [1.807, 2.05) is 35.4 Å². The van der Waals surface area contributed by atoms with Gasteiger partial charge in [-0.25, -0.2) is 0 Å². The van der Waals surface area contributed by atoms with E-state index in [9.17, 15) is 9.59 Å². The van der Waals surface area contributed by atoms with E-state index < -0.39 is 0 Å². The summed E-state index contributed by atoms with van der Waals surface area (Å²) in [5, 5.41) is 4.33. The Morgan fingerprint density at radius 3 is 2.50 bits per heavy atom. The number of methoxy groups -OCH3 is 1. The highest BCUT2D eigenvalue weighted by atomic mass is 16.5. The number of hydrogen-bond acceptors (Lipinski definition) is 4. The smallest absolute Gasteiger partial charge is 0.234 e. The third-order valence-corrected chi connectivity index (χ3v) is 7.00. The van der Waals surface area contributed by atoms with E-state index in [0.29, 0.717) is 32.1 Å². The predicted molar refractivity (Wildman–Crippen MR) is 132 cm³/mol. The normalized spacial score (nSPS) is 17.5. The average Bonchev–Trinajstić information content (AvgIpc) is 3.64. The number of aromatic nitrogens is 1. The van der Waals surface area contributed by atoms with Crippen LogP contribution in [0.15, 0.2) is 54.7 Å². The zero-order chi connectivity index (χ0) is 23.5. The highest BCUT2D eigenvalue weighted by molar-refractivity contribution is 5.84. The van der Waals surface area contributed by atoms with E-state index in [1.165, 1.54) is 0 Å². The summed E-state index contributed by atoms with van der Waals surface area (Å²) in [6, 6.07) is 16.3. The summed E-state index contributed by atoms with van der Waals surface area (Å²) < 4.78 is 5.33. The molecule has 0 bridgehead atoms. The van der Waals surface area contributed by atoms with E-state index in [0.717, 1.165) is 53.7 Å². The highest BCUT2D eigenvalue weighted by Gasteiger charge is 2.34. The lowest BCUT2D eigenvalue weighted by atomic mass is 9.90. The molecule has 1 saturated carbocycles. The number of amides is 2. The first-order valence-electron chi connectivity index (χ1n) is 12.1. The van der Waals surface area contributed by atoms with Gasteiger partial charge in [-0.2, -0.15) is 0 Å². The second-order valence-corrected chi connectivity index (χ2v) is 9.30. The maximum Gasteiger partial charge on any atom is 0.234 e. The number of fused-ring (bicyclic) bond motifs is 1. The van der Waals surface area contributed by atoms with E-state index in [1.54, 1.807) is 7.11 Å². The minimum atomic E-state index is 0.0130. The zero-order valence-corrected chi connectivity index (χ0v) is 19.6. The maximum absolute atomic E-state index is 12.9. The minimum absolute atomic E-state index is 0.0130. The molecule has 1 aliphatic carbocycles. The quantitative estimate of drug-likeness (QED) is 0.542. The first kappa shape index (κ1) is 22.5. The Morgan fingerprint density at radius 1 is 1.06 bits per heavy atom. The number of hydrogen-bond donors (Lipinski definition) is 2. The fourth-order valence-corrected chi connectivity index (χ4v) is 4.82. The number of ether oxygens (including phenoxy) is 1. The van der Waals surface area contributed by atoms with Gasteiger partial charge in [-0.05, 0) is 42.2 Å². The standard InChI is InChI=1S/C27H32N4O3/c1-34-21-10-8-19(9-11-21)23(24-17-28-25-5-3-2-4-22(24)25)16-29-26(32)18-30-12-14-31(15-13-30)27(33)20-6-7-20/h2-5,8-11,17,20,23,28H,6-7,12-16,18H2,1H3,(H,29,32)/t23-/m1/s1. The van der Waals surface area contributed by atoms with Crippen molar-refractivity contribution in [3.05, 3.63) is 65.9 Å². The van der Waals surface area contributed by atoms with Crippen molar-refractivity contribution < 1.29 is 14.3 Å². The van der Waals surface area contributed by atoms with Crippen LogP contribution >= 0.6 is 0 Å². The fraction of sp³-hybridized carbons (Fsp3) is 0.407. The van der Waals surface area contributed by atoms with Gasteiger partial charge in [-0.1, -0.05) is 30.3 Å². The molecule has 1 aliphatic heterocycles. The molecule has 2 N–H and O–H groups in total. The number of piperazine rings is 1. The second kappa shape index (κ2) is 9.89. The first-order valence-corrected chi connectivity index (χ1v) is 12.1. The lowest BCUT2D eigenvalue weighted by molar-refractivity contribution is -0.134. The topological polar surface area (TPSA) is 77.7 Å².